The van der Waals surface area contributed by atoms with Crippen LogP contribution in [0.25, 0.3) is 0 Å². The lowest BCUT2D eigenvalue weighted by Crippen LogP contribution is -2.31. The highest BCUT2D eigenvalue weighted by molar-refractivity contribution is 5.95. The average Bonchev–Trinajstić information content (AvgIpc) is 2.15. The zero-order valence-corrected chi connectivity index (χ0v) is 7.23. The number of nitrogens with one attached hydrogen (secondary N) is 1. The monoisotopic (exact) mass is 222 g/mol. The van der Waals surface area contributed by atoms with Gasteiger partial charge in [-0.3, -0.25) is 10.2 Å². The molecule has 3 N–H and O–H groups in total. The number of alkyl halides is 3. The molecule has 15 heavy (non-hydrogen) atoms. The predicted molar refractivity (Wildman–Crippen MR) is 43.1 cm³/mol. The van der Waals surface area contributed by atoms with E-state index in [1.54, 1.807) is 5.43 Å². The molecule has 0 atom stereocenters. The van der Waals surface area contributed by atoms with Gasteiger partial charge in [0.1, 0.15) is 5.82 Å². The Labute approximate surface area is 81.8 Å². The van der Waals surface area contributed by atoms with Crippen LogP contribution >= 0.6 is 0 Å². The Kier molecular flexibility index (Phi) is 2.94. The van der Waals surface area contributed by atoms with Crippen LogP contribution in [0, 0.1) is 5.82 Å². The van der Waals surface area contributed by atoms with Crippen molar-refractivity contribution in [3.63, 3.8) is 0 Å². The second-order valence-corrected chi connectivity index (χ2v) is 2.66. The van der Waals surface area contributed by atoms with E-state index in [0.29, 0.717) is 0 Å². The van der Waals surface area contributed by atoms with Gasteiger partial charge in [-0.15, -0.1) is 0 Å². The second-order valence-electron chi connectivity index (χ2n) is 2.66. The minimum absolute atomic E-state index is 0.241. The quantitative estimate of drug-likeness (QED) is 0.327. The lowest BCUT2D eigenvalue weighted by molar-refractivity contribution is -0.138. The molecule has 1 aromatic rings. The lowest BCUT2D eigenvalue weighted by Gasteiger charge is -2.11. The Morgan fingerprint density at radius 2 is 1.93 bits per heavy atom. The average molecular weight is 222 g/mol. The molecule has 0 fully saturated rings. The Balaban J connectivity index is 3.33. The molecule has 0 saturated carbocycles. The van der Waals surface area contributed by atoms with Crippen LogP contribution in [-0.2, 0) is 6.18 Å². The van der Waals surface area contributed by atoms with Gasteiger partial charge in [0.15, 0.2) is 0 Å². The van der Waals surface area contributed by atoms with Gasteiger partial charge in [0.2, 0.25) is 0 Å². The number of benzene rings is 1. The van der Waals surface area contributed by atoms with Crippen LogP contribution in [0.3, 0.4) is 0 Å². The van der Waals surface area contributed by atoms with Gasteiger partial charge in [-0.05, 0) is 18.2 Å². The van der Waals surface area contributed by atoms with Crippen LogP contribution < -0.4 is 11.3 Å². The van der Waals surface area contributed by atoms with E-state index in [-0.39, 0.29) is 6.07 Å². The molecule has 0 radical (unpaired) electrons. The van der Waals surface area contributed by atoms with Crippen molar-refractivity contribution in [1.29, 1.82) is 0 Å². The molecule has 0 aliphatic rings. The second kappa shape index (κ2) is 3.85. The van der Waals surface area contributed by atoms with Gasteiger partial charge in [-0.25, -0.2) is 10.2 Å². The fraction of sp³-hybridized carbons (Fsp3) is 0.125. The highest BCUT2D eigenvalue weighted by atomic mass is 19.4. The minimum Gasteiger partial charge on any atom is -0.290 e. The normalized spacial score (nSPS) is 11.3. The molecule has 1 amide bonds. The van der Waals surface area contributed by atoms with Crippen molar-refractivity contribution in [2.24, 2.45) is 5.84 Å². The fourth-order valence-electron chi connectivity index (χ4n) is 1.03. The first-order valence-corrected chi connectivity index (χ1v) is 3.74. The van der Waals surface area contributed by atoms with E-state index in [1.807, 2.05) is 0 Å². The number of carbonyl (C=O) groups excluding carboxylic acids is 1. The van der Waals surface area contributed by atoms with Crippen molar-refractivity contribution in [1.82, 2.24) is 5.43 Å². The third-order valence-electron chi connectivity index (χ3n) is 1.66. The van der Waals surface area contributed by atoms with E-state index in [0.717, 1.165) is 12.1 Å². The van der Waals surface area contributed by atoms with Gasteiger partial charge in [0.05, 0.1) is 11.1 Å². The molecule has 0 bridgehead atoms. The molecule has 0 unspecified atom stereocenters. The summed E-state index contributed by atoms with van der Waals surface area (Å²) in [7, 11) is 0. The number of hydrogen-bond acceptors (Lipinski definition) is 2. The first-order chi connectivity index (χ1) is 6.86. The number of nitrogens with two attached hydrogens (primary N) is 1. The zero-order chi connectivity index (χ0) is 11.6. The van der Waals surface area contributed by atoms with Crippen LogP contribution in [0.5, 0.6) is 0 Å². The smallest absolute Gasteiger partial charge is 0.290 e. The van der Waals surface area contributed by atoms with Gasteiger partial charge in [-0.2, -0.15) is 13.2 Å². The summed E-state index contributed by atoms with van der Waals surface area (Å²) in [5.74, 6) is 2.50. The molecule has 0 aromatic heterocycles. The highest BCUT2D eigenvalue weighted by Gasteiger charge is 2.35. The maximum Gasteiger partial charge on any atom is 0.417 e. The van der Waals surface area contributed by atoms with E-state index < -0.39 is 29.0 Å². The largest absolute Gasteiger partial charge is 0.417 e. The SMILES string of the molecule is NNC(=O)c1ccc(F)cc1C(F)(F)F. The summed E-state index contributed by atoms with van der Waals surface area (Å²) in [5, 5.41) is 0. The van der Waals surface area contributed by atoms with Crippen LogP contribution in [0.1, 0.15) is 15.9 Å². The molecule has 0 aliphatic carbocycles. The molecule has 0 saturated heterocycles. The van der Waals surface area contributed by atoms with Crippen molar-refractivity contribution in [2.45, 2.75) is 6.18 Å². The molecular weight excluding hydrogens is 216 g/mol. The van der Waals surface area contributed by atoms with Crippen molar-refractivity contribution >= 4 is 5.91 Å². The summed E-state index contributed by atoms with van der Waals surface area (Å²) >= 11 is 0. The molecular formula is C8H6F4N2O. The lowest BCUT2D eigenvalue weighted by atomic mass is 10.1. The topological polar surface area (TPSA) is 55.1 Å². The van der Waals surface area contributed by atoms with Crippen LogP contribution in [0.15, 0.2) is 18.2 Å². The summed E-state index contributed by atoms with van der Waals surface area (Å²) < 4.78 is 49.6. The Morgan fingerprint density at radius 1 is 1.33 bits per heavy atom. The van der Waals surface area contributed by atoms with E-state index in [9.17, 15) is 22.4 Å². The Hall–Kier alpha value is -1.63. The number of rotatable bonds is 1. The third-order valence-corrected chi connectivity index (χ3v) is 1.66. The molecule has 7 heteroatoms. The number of hydrogen-bond donors (Lipinski definition) is 2. The highest BCUT2D eigenvalue weighted by Crippen LogP contribution is 2.32. The zero-order valence-electron chi connectivity index (χ0n) is 7.23. The van der Waals surface area contributed by atoms with E-state index in [1.165, 1.54) is 0 Å². The van der Waals surface area contributed by atoms with E-state index >= 15 is 0 Å². The number of carbonyl (C=O) groups is 1. The first kappa shape index (κ1) is 11.4. The molecule has 3 nitrogen and oxygen atoms in total. The standard InChI is InChI=1S/C8H6F4N2O/c9-4-1-2-5(7(15)14-13)6(3-4)8(10,11)12/h1-3H,13H2,(H,14,15). The molecule has 0 heterocycles. The molecule has 0 spiro atoms. The first-order valence-electron chi connectivity index (χ1n) is 3.74. The Morgan fingerprint density at radius 3 is 2.40 bits per heavy atom. The molecule has 82 valence electrons. The van der Waals surface area contributed by atoms with Gasteiger partial charge >= 0.3 is 6.18 Å². The van der Waals surface area contributed by atoms with Crippen molar-refractivity contribution in [3.8, 4) is 0 Å². The summed E-state index contributed by atoms with van der Waals surface area (Å²) in [5.41, 5.74) is -0.521. The Bertz CT molecular complexity index is 389. The van der Waals surface area contributed by atoms with Gasteiger partial charge in [-0.1, -0.05) is 0 Å². The van der Waals surface area contributed by atoms with Gasteiger partial charge in [0.25, 0.3) is 5.91 Å². The molecule has 0 aliphatic heterocycles. The number of halogens is 4. The maximum absolute atomic E-state index is 12.6. The maximum atomic E-state index is 12.6. The van der Waals surface area contributed by atoms with Crippen molar-refractivity contribution in [2.75, 3.05) is 0 Å². The number of hydrazine groups is 1. The van der Waals surface area contributed by atoms with E-state index in [2.05, 4.69) is 0 Å². The summed E-state index contributed by atoms with van der Waals surface area (Å²) in [6.07, 6.45) is -4.80. The summed E-state index contributed by atoms with van der Waals surface area (Å²) in [6, 6.07) is 1.71. The van der Waals surface area contributed by atoms with Crippen molar-refractivity contribution in [3.05, 3.63) is 35.1 Å². The van der Waals surface area contributed by atoms with Crippen LogP contribution in [0.4, 0.5) is 17.6 Å². The predicted octanol–water partition coefficient (Wildman–Crippen LogP) is 1.45. The molecule has 1 aromatic carbocycles. The van der Waals surface area contributed by atoms with Gasteiger partial charge in [0, 0.05) is 0 Å². The van der Waals surface area contributed by atoms with Gasteiger partial charge < -0.3 is 0 Å². The summed E-state index contributed by atoms with van der Waals surface area (Å²) in [4.78, 5) is 10.9. The molecule has 1 rings (SSSR count). The number of amides is 1. The number of nitrogen functional groups attached to an aromatic ring is 1. The fourth-order valence-corrected chi connectivity index (χ4v) is 1.03. The van der Waals surface area contributed by atoms with Crippen molar-refractivity contribution < 1.29 is 22.4 Å². The minimum atomic E-state index is -4.80. The van der Waals surface area contributed by atoms with Crippen LogP contribution in [0.2, 0.25) is 0 Å². The van der Waals surface area contributed by atoms with E-state index in [4.69, 9.17) is 5.84 Å². The van der Waals surface area contributed by atoms with Crippen LogP contribution in [-0.4, -0.2) is 5.91 Å². The summed E-state index contributed by atoms with van der Waals surface area (Å²) in [6.45, 7) is 0. The third kappa shape index (κ3) is 2.44.